The molecule has 4 rings (SSSR count). The van der Waals surface area contributed by atoms with Crippen LogP contribution in [0.2, 0.25) is 5.02 Å². The maximum atomic E-state index is 12.6. The van der Waals surface area contributed by atoms with Gasteiger partial charge in [-0.05, 0) is 24.1 Å². The molecule has 0 aliphatic carbocycles. The largest absolute Gasteiger partial charge is 0.326 e. The second-order valence-electron chi connectivity index (χ2n) is 6.36. The van der Waals surface area contributed by atoms with Gasteiger partial charge in [-0.1, -0.05) is 17.7 Å². The lowest BCUT2D eigenvalue weighted by Crippen LogP contribution is -2.39. The average molecular weight is 385 g/mol. The molecule has 27 heavy (non-hydrogen) atoms. The SMILES string of the molecule is CC(=O)Nc1ccc2c(c1)NN(CC(=O)c1cc3ncc(Cl)cn3n1)CC2. The van der Waals surface area contributed by atoms with Crippen LogP contribution in [0.15, 0.2) is 36.7 Å². The van der Waals surface area contributed by atoms with E-state index in [-0.39, 0.29) is 18.2 Å². The average Bonchev–Trinajstić information content (AvgIpc) is 3.04. The number of fused-ring (bicyclic) bond motifs is 2. The number of amides is 1. The van der Waals surface area contributed by atoms with Crippen molar-refractivity contribution in [2.45, 2.75) is 13.3 Å². The van der Waals surface area contributed by atoms with Crippen LogP contribution < -0.4 is 10.7 Å². The number of Topliss-reactive ketones (excluding diaryl/α,β-unsaturated/α-hetero) is 1. The molecule has 0 saturated heterocycles. The van der Waals surface area contributed by atoms with Crippen LogP contribution >= 0.6 is 11.6 Å². The van der Waals surface area contributed by atoms with Crippen molar-refractivity contribution in [3.63, 3.8) is 0 Å². The van der Waals surface area contributed by atoms with E-state index in [1.807, 2.05) is 23.2 Å². The number of halogens is 1. The lowest BCUT2D eigenvalue weighted by molar-refractivity contribution is -0.114. The summed E-state index contributed by atoms with van der Waals surface area (Å²) >= 11 is 5.90. The van der Waals surface area contributed by atoms with Gasteiger partial charge in [0.2, 0.25) is 5.91 Å². The lowest BCUT2D eigenvalue weighted by atomic mass is 10.1. The summed E-state index contributed by atoms with van der Waals surface area (Å²) < 4.78 is 1.49. The molecule has 0 unspecified atom stereocenters. The van der Waals surface area contributed by atoms with Gasteiger partial charge in [-0.2, -0.15) is 5.10 Å². The fourth-order valence-corrected chi connectivity index (χ4v) is 3.17. The van der Waals surface area contributed by atoms with Gasteiger partial charge in [-0.15, -0.1) is 0 Å². The van der Waals surface area contributed by atoms with Crippen molar-refractivity contribution in [2.75, 3.05) is 23.8 Å². The molecule has 0 atom stereocenters. The van der Waals surface area contributed by atoms with Crippen LogP contribution in [0.3, 0.4) is 0 Å². The van der Waals surface area contributed by atoms with Crippen LogP contribution in [0.4, 0.5) is 11.4 Å². The quantitative estimate of drug-likeness (QED) is 0.671. The molecule has 3 aromatic rings. The number of hydrogen-bond donors (Lipinski definition) is 2. The first-order valence-electron chi connectivity index (χ1n) is 8.44. The number of nitrogens with zero attached hydrogens (tertiary/aromatic N) is 4. The van der Waals surface area contributed by atoms with Crippen LogP contribution in [0.5, 0.6) is 0 Å². The summed E-state index contributed by atoms with van der Waals surface area (Å²) in [5.74, 6) is -0.246. The molecule has 3 heterocycles. The Morgan fingerprint density at radius 3 is 3.00 bits per heavy atom. The van der Waals surface area contributed by atoms with Crippen molar-refractivity contribution in [3.8, 4) is 0 Å². The Morgan fingerprint density at radius 1 is 1.33 bits per heavy atom. The fourth-order valence-electron chi connectivity index (χ4n) is 3.02. The summed E-state index contributed by atoms with van der Waals surface area (Å²) in [4.78, 5) is 28.0. The molecule has 8 nitrogen and oxygen atoms in total. The van der Waals surface area contributed by atoms with Gasteiger partial charge in [0, 0.05) is 31.4 Å². The van der Waals surface area contributed by atoms with Gasteiger partial charge < -0.3 is 10.7 Å². The summed E-state index contributed by atoms with van der Waals surface area (Å²) in [5.41, 5.74) is 6.88. The van der Waals surface area contributed by atoms with Crippen LogP contribution in [0.1, 0.15) is 23.0 Å². The molecule has 2 aromatic heterocycles. The van der Waals surface area contributed by atoms with Gasteiger partial charge >= 0.3 is 0 Å². The monoisotopic (exact) mass is 384 g/mol. The highest BCUT2D eigenvalue weighted by Crippen LogP contribution is 2.25. The highest BCUT2D eigenvalue weighted by molar-refractivity contribution is 6.30. The maximum absolute atomic E-state index is 12.6. The Balaban J connectivity index is 1.48. The van der Waals surface area contributed by atoms with Crippen molar-refractivity contribution in [1.29, 1.82) is 0 Å². The predicted molar refractivity (Wildman–Crippen MR) is 102 cm³/mol. The number of rotatable bonds is 4. The molecule has 1 aliphatic heterocycles. The smallest absolute Gasteiger partial charge is 0.221 e. The standard InChI is InChI=1S/C18H17ClN6O2/c1-11(26)21-14-3-2-12-4-5-24(22-15(12)6-14)10-17(27)16-7-18-20-8-13(19)9-25(18)23-16/h2-3,6-9,22H,4-5,10H2,1H3,(H,21,26). The third kappa shape index (κ3) is 3.76. The Hall–Kier alpha value is -2.97. The summed E-state index contributed by atoms with van der Waals surface area (Å²) in [6.07, 6.45) is 3.93. The van der Waals surface area contributed by atoms with E-state index in [4.69, 9.17) is 11.6 Å². The van der Waals surface area contributed by atoms with Crippen LogP contribution in [0.25, 0.3) is 5.65 Å². The molecule has 0 saturated carbocycles. The number of anilines is 2. The van der Waals surface area contributed by atoms with E-state index in [2.05, 4.69) is 20.8 Å². The van der Waals surface area contributed by atoms with Gasteiger partial charge in [0.05, 0.1) is 23.5 Å². The first kappa shape index (κ1) is 17.4. The van der Waals surface area contributed by atoms with Crippen molar-refractivity contribution >= 4 is 40.3 Å². The van der Waals surface area contributed by atoms with Crippen molar-refractivity contribution < 1.29 is 9.59 Å². The zero-order chi connectivity index (χ0) is 19.0. The highest BCUT2D eigenvalue weighted by atomic mass is 35.5. The first-order chi connectivity index (χ1) is 13.0. The van der Waals surface area contributed by atoms with Crippen LogP contribution in [-0.4, -0.2) is 44.4 Å². The third-order valence-corrected chi connectivity index (χ3v) is 4.46. The molecule has 0 fully saturated rings. The molecule has 1 aliphatic rings. The van der Waals surface area contributed by atoms with E-state index in [0.29, 0.717) is 28.6 Å². The van der Waals surface area contributed by atoms with Gasteiger partial charge in [0.25, 0.3) is 0 Å². The fraction of sp³-hybridized carbons (Fsp3) is 0.222. The van der Waals surface area contributed by atoms with Gasteiger partial charge in [0.15, 0.2) is 11.4 Å². The molecule has 0 spiro atoms. The van der Waals surface area contributed by atoms with Crippen LogP contribution in [-0.2, 0) is 11.2 Å². The second-order valence-corrected chi connectivity index (χ2v) is 6.80. The van der Waals surface area contributed by atoms with Crippen molar-refractivity contribution in [2.24, 2.45) is 0 Å². The number of aromatic nitrogens is 3. The normalized spacial score (nSPS) is 13.9. The van der Waals surface area contributed by atoms with Crippen molar-refractivity contribution in [3.05, 3.63) is 52.9 Å². The maximum Gasteiger partial charge on any atom is 0.221 e. The number of benzene rings is 1. The molecule has 0 radical (unpaired) electrons. The molecule has 1 aromatic carbocycles. The van der Waals surface area contributed by atoms with E-state index < -0.39 is 0 Å². The summed E-state index contributed by atoms with van der Waals surface area (Å²) in [6, 6.07) is 7.36. The van der Waals surface area contributed by atoms with Crippen LogP contribution in [0, 0.1) is 0 Å². The molecular weight excluding hydrogens is 368 g/mol. The summed E-state index contributed by atoms with van der Waals surface area (Å²) in [6.45, 7) is 2.33. The number of carbonyl (C=O) groups is 2. The lowest BCUT2D eigenvalue weighted by Gasteiger charge is -2.30. The van der Waals surface area contributed by atoms with Gasteiger partial charge in [0.1, 0.15) is 5.69 Å². The minimum atomic E-state index is -0.127. The third-order valence-electron chi connectivity index (χ3n) is 4.26. The Kier molecular flexibility index (Phi) is 4.51. The zero-order valence-electron chi connectivity index (χ0n) is 14.6. The molecule has 9 heteroatoms. The Morgan fingerprint density at radius 2 is 2.19 bits per heavy atom. The molecule has 138 valence electrons. The minimum absolute atomic E-state index is 0.120. The number of nitrogens with one attached hydrogen (secondary N) is 2. The summed E-state index contributed by atoms with van der Waals surface area (Å²) in [7, 11) is 0. The number of carbonyl (C=O) groups excluding carboxylic acids is 2. The summed E-state index contributed by atoms with van der Waals surface area (Å²) in [5, 5.41) is 9.30. The van der Waals surface area contributed by atoms with E-state index >= 15 is 0 Å². The number of ketones is 1. The first-order valence-corrected chi connectivity index (χ1v) is 8.82. The predicted octanol–water partition coefficient (Wildman–Crippen LogP) is 2.41. The Bertz CT molecular complexity index is 1050. The van der Waals surface area contributed by atoms with Gasteiger partial charge in [-0.25, -0.2) is 14.5 Å². The highest BCUT2D eigenvalue weighted by Gasteiger charge is 2.21. The van der Waals surface area contributed by atoms with E-state index in [1.165, 1.54) is 17.6 Å². The second kappa shape index (κ2) is 6.98. The molecular formula is C18H17ClN6O2. The number of hydrogen-bond acceptors (Lipinski definition) is 6. The Labute approximate surface area is 160 Å². The minimum Gasteiger partial charge on any atom is -0.326 e. The molecule has 1 amide bonds. The van der Waals surface area contributed by atoms with Gasteiger partial charge in [-0.3, -0.25) is 9.59 Å². The zero-order valence-corrected chi connectivity index (χ0v) is 15.3. The molecule has 2 N–H and O–H groups in total. The van der Waals surface area contributed by atoms with E-state index in [9.17, 15) is 9.59 Å². The molecule has 0 bridgehead atoms. The van der Waals surface area contributed by atoms with E-state index in [1.54, 1.807) is 12.3 Å². The van der Waals surface area contributed by atoms with E-state index in [0.717, 1.165) is 17.7 Å². The topological polar surface area (TPSA) is 91.6 Å². The number of hydrazine groups is 1. The van der Waals surface area contributed by atoms with Crippen molar-refractivity contribution in [1.82, 2.24) is 19.6 Å².